The van der Waals surface area contributed by atoms with Crippen LogP contribution in [0.5, 0.6) is 0 Å². The van der Waals surface area contributed by atoms with Gasteiger partial charge in [-0.15, -0.1) is 0 Å². The first-order valence-corrected chi connectivity index (χ1v) is 6.17. The van der Waals surface area contributed by atoms with Gasteiger partial charge in [-0.05, 0) is 13.8 Å². The summed E-state index contributed by atoms with van der Waals surface area (Å²) in [5.41, 5.74) is -0.607. The summed E-state index contributed by atoms with van der Waals surface area (Å²) in [5, 5.41) is 9.76. The molecule has 0 spiro atoms. The monoisotopic (exact) mass is 246 g/mol. The smallest absolute Gasteiger partial charge is 0.169 e. The average Bonchev–Trinajstić information content (AvgIpc) is 2.26. The highest BCUT2D eigenvalue weighted by molar-refractivity contribution is 4.78. The topological polar surface area (TPSA) is 45.2 Å². The van der Waals surface area contributed by atoms with Crippen molar-refractivity contribution in [1.82, 2.24) is 9.80 Å². The molecule has 0 radical (unpaired) electrons. The Morgan fingerprint density at radius 2 is 1.53 bits per heavy atom. The van der Waals surface area contributed by atoms with Crippen LogP contribution in [0.15, 0.2) is 0 Å². The van der Waals surface area contributed by atoms with Gasteiger partial charge in [-0.1, -0.05) is 0 Å². The van der Waals surface area contributed by atoms with Crippen molar-refractivity contribution < 1.29 is 14.6 Å². The van der Waals surface area contributed by atoms with Crippen molar-refractivity contribution in [2.45, 2.75) is 25.7 Å². The van der Waals surface area contributed by atoms with E-state index in [0.29, 0.717) is 0 Å². The Hall–Kier alpha value is -0.200. The zero-order valence-corrected chi connectivity index (χ0v) is 11.5. The molecule has 0 aromatic rings. The fourth-order valence-electron chi connectivity index (χ4n) is 2.13. The van der Waals surface area contributed by atoms with Crippen LogP contribution in [0.4, 0.5) is 0 Å². The van der Waals surface area contributed by atoms with Gasteiger partial charge < -0.3 is 14.6 Å². The summed E-state index contributed by atoms with van der Waals surface area (Å²) >= 11 is 0. The Morgan fingerprint density at radius 3 is 1.94 bits per heavy atom. The van der Waals surface area contributed by atoms with Crippen molar-refractivity contribution in [3.8, 4) is 0 Å². The van der Waals surface area contributed by atoms with Crippen LogP contribution in [0.25, 0.3) is 0 Å². The molecule has 5 heteroatoms. The molecule has 0 saturated carbocycles. The van der Waals surface area contributed by atoms with Crippen molar-refractivity contribution in [1.29, 1.82) is 0 Å². The third kappa shape index (κ3) is 5.79. The normalized spacial score (nSPS) is 20.1. The Morgan fingerprint density at radius 1 is 1.06 bits per heavy atom. The second-order valence-electron chi connectivity index (χ2n) is 5.29. The maximum atomic E-state index is 9.76. The molecule has 1 fully saturated rings. The quantitative estimate of drug-likeness (QED) is 0.668. The van der Waals surface area contributed by atoms with E-state index >= 15 is 0 Å². The van der Waals surface area contributed by atoms with Gasteiger partial charge in [0, 0.05) is 53.5 Å². The summed E-state index contributed by atoms with van der Waals surface area (Å²) in [6.45, 7) is 9.23. The SMILES string of the molecule is COC(CN1CCN(CC(C)(C)O)CC1)OC. The summed E-state index contributed by atoms with van der Waals surface area (Å²) in [6.07, 6.45) is -0.143. The standard InChI is InChI=1S/C12H26N2O3/c1-12(2,15)10-14-7-5-13(6-8-14)9-11(16-3)17-4/h11,15H,5-10H2,1-4H3. The van der Waals surface area contributed by atoms with Crippen molar-refractivity contribution in [2.24, 2.45) is 0 Å². The molecule has 0 aromatic carbocycles. The van der Waals surface area contributed by atoms with Crippen LogP contribution in [-0.4, -0.2) is 80.3 Å². The summed E-state index contributed by atoms with van der Waals surface area (Å²) in [6, 6.07) is 0. The zero-order valence-electron chi connectivity index (χ0n) is 11.5. The lowest BCUT2D eigenvalue weighted by Gasteiger charge is -2.38. The average molecular weight is 246 g/mol. The molecule has 5 nitrogen and oxygen atoms in total. The molecule has 0 bridgehead atoms. The number of hydrogen-bond donors (Lipinski definition) is 1. The molecule has 102 valence electrons. The molecule has 0 aromatic heterocycles. The van der Waals surface area contributed by atoms with Gasteiger partial charge in [0.2, 0.25) is 0 Å². The molecule has 1 aliphatic heterocycles. The van der Waals surface area contributed by atoms with Gasteiger partial charge in [0.15, 0.2) is 6.29 Å². The third-order valence-electron chi connectivity index (χ3n) is 3.01. The predicted molar refractivity (Wildman–Crippen MR) is 67.0 cm³/mol. The molecule has 1 aliphatic rings. The highest BCUT2D eigenvalue weighted by Crippen LogP contribution is 2.09. The fourth-order valence-corrected chi connectivity index (χ4v) is 2.13. The molecule has 0 atom stereocenters. The van der Waals surface area contributed by atoms with Crippen LogP contribution in [-0.2, 0) is 9.47 Å². The van der Waals surface area contributed by atoms with E-state index in [-0.39, 0.29) is 6.29 Å². The Balaban J connectivity index is 2.26. The number of hydrogen-bond acceptors (Lipinski definition) is 5. The number of aliphatic hydroxyl groups is 1. The molecule has 0 unspecified atom stereocenters. The number of ether oxygens (including phenoxy) is 2. The van der Waals surface area contributed by atoms with E-state index in [2.05, 4.69) is 9.80 Å². The van der Waals surface area contributed by atoms with Crippen LogP contribution in [0.2, 0.25) is 0 Å². The first-order valence-electron chi connectivity index (χ1n) is 6.17. The number of methoxy groups -OCH3 is 2. The summed E-state index contributed by atoms with van der Waals surface area (Å²) in [4.78, 5) is 4.63. The van der Waals surface area contributed by atoms with E-state index in [1.807, 2.05) is 13.8 Å². The van der Waals surface area contributed by atoms with Gasteiger partial charge in [0.05, 0.1) is 5.60 Å². The Labute approximate surface area is 104 Å². The van der Waals surface area contributed by atoms with E-state index in [0.717, 1.165) is 39.3 Å². The molecule has 0 aliphatic carbocycles. The number of piperazine rings is 1. The number of nitrogens with zero attached hydrogens (tertiary/aromatic N) is 2. The largest absolute Gasteiger partial charge is 0.389 e. The van der Waals surface area contributed by atoms with Crippen molar-refractivity contribution in [3.05, 3.63) is 0 Å². The molecule has 17 heavy (non-hydrogen) atoms. The lowest BCUT2D eigenvalue weighted by atomic mass is 10.1. The Bertz CT molecular complexity index is 206. The van der Waals surface area contributed by atoms with E-state index in [9.17, 15) is 5.11 Å². The fraction of sp³-hybridized carbons (Fsp3) is 1.00. The minimum Gasteiger partial charge on any atom is -0.389 e. The van der Waals surface area contributed by atoms with E-state index in [4.69, 9.17) is 9.47 Å². The molecule has 1 N–H and O–H groups in total. The van der Waals surface area contributed by atoms with E-state index in [1.165, 1.54) is 0 Å². The van der Waals surface area contributed by atoms with Crippen molar-refractivity contribution in [3.63, 3.8) is 0 Å². The zero-order chi connectivity index (χ0) is 12.9. The maximum absolute atomic E-state index is 9.76. The summed E-state index contributed by atoms with van der Waals surface area (Å²) in [7, 11) is 3.33. The van der Waals surface area contributed by atoms with Gasteiger partial charge in [0.25, 0.3) is 0 Å². The summed E-state index contributed by atoms with van der Waals surface area (Å²) < 4.78 is 10.4. The predicted octanol–water partition coefficient (Wildman–Crippen LogP) is -0.00620. The number of β-amino-alcohol motifs (C(OH)–C–C–N with tert-alkyl or cyclic N) is 1. The highest BCUT2D eigenvalue weighted by Gasteiger charge is 2.23. The number of rotatable bonds is 6. The van der Waals surface area contributed by atoms with E-state index in [1.54, 1.807) is 14.2 Å². The third-order valence-corrected chi connectivity index (χ3v) is 3.01. The minimum absolute atomic E-state index is 0.143. The molecular formula is C12H26N2O3. The van der Waals surface area contributed by atoms with Crippen LogP contribution in [0.1, 0.15) is 13.8 Å². The van der Waals surface area contributed by atoms with Crippen LogP contribution >= 0.6 is 0 Å². The Kier molecular flexibility index (Phi) is 5.82. The van der Waals surface area contributed by atoms with Gasteiger partial charge in [-0.3, -0.25) is 9.80 Å². The van der Waals surface area contributed by atoms with Crippen molar-refractivity contribution in [2.75, 3.05) is 53.5 Å². The second kappa shape index (κ2) is 6.66. The van der Waals surface area contributed by atoms with Gasteiger partial charge in [-0.25, -0.2) is 0 Å². The lowest BCUT2D eigenvalue weighted by Crippen LogP contribution is -2.52. The second-order valence-corrected chi connectivity index (χ2v) is 5.29. The van der Waals surface area contributed by atoms with Gasteiger partial charge >= 0.3 is 0 Å². The van der Waals surface area contributed by atoms with Crippen LogP contribution < -0.4 is 0 Å². The van der Waals surface area contributed by atoms with Gasteiger partial charge in [0.1, 0.15) is 0 Å². The summed E-state index contributed by atoms with van der Waals surface area (Å²) in [5.74, 6) is 0. The molecule has 1 rings (SSSR count). The molecule has 0 amide bonds. The van der Waals surface area contributed by atoms with Crippen LogP contribution in [0.3, 0.4) is 0 Å². The van der Waals surface area contributed by atoms with Gasteiger partial charge in [-0.2, -0.15) is 0 Å². The highest BCUT2D eigenvalue weighted by atomic mass is 16.7. The minimum atomic E-state index is -0.607. The first kappa shape index (κ1) is 14.9. The maximum Gasteiger partial charge on any atom is 0.169 e. The first-order chi connectivity index (χ1) is 7.94. The van der Waals surface area contributed by atoms with Crippen LogP contribution in [0, 0.1) is 0 Å². The molecule has 1 heterocycles. The van der Waals surface area contributed by atoms with Crippen molar-refractivity contribution >= 4 is 0 Å². The molecular weight excluding hydrogens is 220 g/mol. The lowest BCUT2D eigenvalue weighted by molar-refractivity contribution is -0.120. The van der Waals surface area contributed by atoms with E-state index < -0.39 is 5.60 Å². The molecule has 1 saturated heterocycles.